The molecule has 0 unspecified atom stereocenters. The average Bonchev–Trinajstić information content (AvgIpc) is 2.49. The Morgan fingerprint density at radius 1 is 1.23 bits per heavy atom. The normalized spacial score (nSPS) is 23.5. The van der Waals surface area contributed by atoms with E-state index in [1.165, 1.54) is 5.56 Å². The molecule has 0 radical (unpaired) electrons. The Morgan fingerprint density at radius 2 is 1.85 bits per heavy atom. The zero-order valence-corrected chi connectivity index (χ0v) is 17.1. The van der Waals surface area contributed by atoms with Crippen LogP contribution < -0.4 is 10.1 Å². The summed E-state index contributed by atoms with van der Waals surface area (Å²) < 4.78 is 5.56. The van der Waals surface area contributed by atoms with Gasteiger partial charge in [0.1, 0.15) is 5.75 Å². The van der Waals surface area contributed by atoms with Gasteiger partial charge in [0.2, 0.25) is 0 Å². The monoisotopic (exact) mass is 362 g/mol. The summed E-state index contributed by atoms with van der Waals surface area (Å²) in [4.78, 5) is 14.2. The first kappa shape index (κ1) is 20.7. The number of aliphatic hydroxyl groups is 1. The van der Waals surface area contributed by atoms with Crippen molar-refractivity contribution in [2.75, 3.05) is 19.7 Å². The molecule has 2 rings (SSSR count). The summed E-state index contributed by atoms with van der Waals surface area (Å²) in [6.45, 7) is 14.6. The number of hydrogen-bond acceptors (Lipinski definition) is 4. The molecule has 5 nitrogen and oxygen atoms in total. The molecule has 1 aliphatic heterocycles. The number of piperidine rings is 1. The number of carbonyl (C=O) groups is 1. The second-order valence-corrected chi connectivity index (χ2v) is 9.35. The van der Waals surface area contributed by atoms with Gasteiger partial charge in [-0.05, 0) is 51.8 Å². The molecule has 1 aliphatic rings. The summed E-state index contributed by atoms with van der Waals surface area (Å²) in [7, 11) is 0. The molecule has 0 aliphatic carbocycles. The SMILES string of the molecule is CC(C)(C)NC(=O)COc1ccc(CN2CC[C@](C)(O)C(C)(C)C2)cc1. The van der Waals surface area contributed by atoms with Gasteiger partial charge < -0.3 is 15.2 Å². The van der Waals surface area contributed by atoms with Crippen molar-refractivity contribution in [3.8, 4) is 5.75 Å². The van der Waals surface area contributed by atoms with Crippen LogP contribution in [0, 0.1) is 5.41 Å². The summed E-state index contributed by atoms with van der Waals surface area (Å²) in [5, 5.41) is 13.4. The van der Waals surface area contributed by atoms with E-state index < -0.39 is 5.60 Å². The van der Waals surface area contributed by atoms with Crippen molar-refractivity contribution >= 4 is 5.91 Å². The zero-order valence-electron chi connectivity index (χ0n) is 17.1. The molecule has 0 saturated carbocycles. The maximum Gasteiger partial charge on any atom is 0.258 e. The van der Waals surface area contributed by atoms with E-state index >= 15 is 0 Å². The second kappa shape index (κ2) is 7.57. The Morgan fingerprint density at radius 3 is 2.38 bits per heavy atom. The van der Waals surface area contributed by atoms with E-state index in [2.05, 4.69) is 24.1 Å². The maximum absolute atomic E-state index is 11.8. The highest BCUT2D eigenvalue weighted by atomic mass is 16.5. The molecule has 1 fully saturated rings. The highest BCUT2D eigenvalue weighted by Gasteiger charge is 2.43. The van der Waals surface area contributed by atoms with Crippen molar-refractivity contribution < 1.29 is 14.6 Å². The number of rotatable bonds is 5. The molecule has 26 heavy (non-hydrogen) atoms. The van der Waals surface area contributed by atoms with Gasteiger partial charge >= 0.3 is 0 Å². The predicted molar refractivity (Wildman–Crippen MR) is 104 cm³/mol. The fraction of sp³-hybridized carbons (Fsp3) is 0.667. The standard InChI is InChI=1S/C21H34N2O3/c1-19(2,3)22-18(24)14-26-17-9-7-16(8-10-17)13-23-12-11-21(6,25)20(4,5)15-23/h7-10,25H,11-15H2,1-6H3,(H,22,24)/t21-/m0/s1. The lowest BCUT2D eigenvalue weighted by atomic mass is 9.71. The van der Waals surface area contributed by atoms with Crippen LogP contribution in [-0.4, -0.2) is 46.7 Å². The minimum atomic E-state index is -0.616. The predicted octanol–water partition coefficient (Wildman–Crippen LogP) is 2.96. The third kappa shape index (κ3) is 5.71. The summed E-state index contributed by atoms with van der Waals surface area (Å²) in [6, 6.07) is 7.89. The number of ether oxygens (including phenoxy) is 1. The molecule has 2 N–H and O–H groups in total. The lowest BCUT2D eigenvalue weighted by molar-refractivity contribution is -0.124. The van der Waals surface area contributed by atoms with Crippen molar-refractivity contribution in [1.29, 1.82) is 0 Å². The van der Waals surface area contributed by atoms with E-state index in [9.17, 15) is 9.90 Å². The molecule has 1 atom stereocenters. The Bertz CT molecular complexity index is 615. The first-order chi connectivity index (χ1) is 11.9. The van der Waals surface area contributed by atoms with Crippen LogP contribution >= 0.6 is 0 Å². The lowest BCUT2D eigenvalue weighted by Gasteiger charge is -2.48. The van der Waals surface area contributed by atoms with Crippen LogP contribution in [0.5, 0.6) is 5.75 Å². The summed E-state index contributed by atoms with van der Waals surface area (Å²) >= 11 is 0. The number of amides is 1. The lowest BCUT2D eigenvalue weighted by Crippen LogP contribution is -2.55. The number of benzene rings is 1. The van der Waals surface area contributed by atoms with Crippen LogP contribution in [0.1, 0.15) is 53.5 Å². The molecular weight excluding hydrogens is 328 g/mol. The molecular formula is C21H34N2O3. The molecule has 5 heteroatoms. The van der Waals surface area contributed by atoms with Crippen molar-refractivity contribution in [3.05, 3.63) is 29.8 Å². The molecule has 0 spiro atoms. The maximum atomic E-state index is 11.8. The fourth-order valence-corrected chi connectivity index (χ4v) is 3.21. The van der Waals surface area contributed by atoms with E-state index in [4.69, 9.17) is 4.74 Å². The van der Waals surface area contributed by atoms with Gasteiger partial charge in [0.15, 0.2) is 6.61 Å². The van der Waals surface area contributed by atoms with Gasteiger partial charge in [0.25, 0.3) is 5.91 Å². The highest BCUT2D eigenvalue weighted by Crippen LogP contribution is 2.38. The number of carbonyl (C=O) groups excluding carboxylic acids is 1. The number of likely N-dealkylation sites (tertiary alicyclic amines) is 1. The molecule has 1 amide bonds. The molecule has 1 saturated heterocycles. The number of nitrogens with one attached hydrogen (secondary N) is 1. The van der Waals surface area contributed by atoms with E-state index in [1.807, 2.05) is 52.0 Å². The Hall–Kier alpha value is -1.59. The van der Waals surface area contributed by atoms with Crippen molar-refractivity contribution in [2.24, 2.45) is 5.41 Å². The highest BCUT2D eigenvalue weighted by molar-refractivity contribution is 5.78. The Labute approximate surface area is 157 Å². The Balaban J connectivity index is 1.85. The van der Waals surface area contributed by atoms with Gasteiger partial charge in [0, 0.05) is 30.6 Å². The van der Waals surface area contributed by atoms with Crippen LogP contribution in [-0.2, 0) is 11.3 Å². The van der Waals surface area contributed by atoms with Gasteiger partial charge in [-0.15, -0.1) is 0 Å². The van der Waals surface area contributed by atoms with Gasteiger partial charge in [0.05, 0.1) is 5.60 Å². The molecule has 1 heterocycles. The van der Waals surface area contributed by atoms with Crippen LogP contribution in [0.15, 0.2) is 24.3 Å². The van der Waals surface area contributed by atoms with Crippen LogP contribution in [0.25, 0.3) is 0 Å². The van der Waals surface area contributed by atoms with Gasteiger partial charge in [-0.25, -0.2) is 0 Å². The van der Waals surface area contributed by atoms with Gasteiger partial charge in [-0.1, -0.05) is 26.0 Å². The summed E-state index contributed by atoms with van der Waals surface area (Å²) in [5.74, 6) is 0.573. The van der Waals surface area contributed by atoms with Crippen LogP contribution in [0.3, 0.4) is 0 Å². The van der Waals surface area contributed by atoms with Crippen LogP contribution in [0.2, 0.25) is 0 Å². The topological polar surface area (TPSA) is 61.8 Å². The third-order valence-corrected chi connectivity index (χ3v) is 5.21. The second-order valence-electron chi connectivity index (χ2n) is 9.35. The van der Waals surface area contributed by atoms with E-state index in [0.717, 1.165) is 26.1 Å². The largest absolute Gasteiger partial charge is 0.484 e. The minimum absolute atomic E-state index is 0.0199. The van der Waals surface area contributed by atoms with Crippen molar-refractivity contribution in [2.45, 2.75) is 65.6 Å². The van der Waals surface area contributed by atoms with E-state index in [1.54, 1.807) is 0 Å². The fourth-order valence-electron chi connectivity index (χ4n) is 3.21. The molecule has 0 bridgehead atoms. The van der Waals surface area contributed by atoms with E-state index in [-0.39, 0.29) is 23.5 Å². The summed E-state index contributed by atoms with van der Waals surface area (Å²) in [6.07, 6.45) is 0.782. The smallest absolute Gasteiger partial charge is 0.258 e. The number of hydrogen-bond donors (Lipinski definition) is 2. The first-order valence-electron chi connectivity index (χ1n) is 9.35. The molecule has 0 aromatic heterocycles. The first-order valence-corrected chi connectivity index (χ1v) is 9.35. The quantitative estimate of drug-likeness (QED) is 0.845. The Kier molecular flexibility index (Phi) is 6.03. The van der Waals surface area contributed by atoms with Crippen molar-refractivity contribution in [1.82, 2.24) is 10.2 Å². The molecule has 1 aromatic carbocycles. The van der Waals surface area contributed by atoms with Gasteiger partial charge in [-0.2, -0.15) is 0 Å². The third-order valence-electron chi connectivity index (χ3n) is 5.21. The average molecular weight is 363 g/mol. The minimum Gasteiger partial charge on any atom is -0.484 e. The summed E-state index contributed by atoms with van der Waals surface area (Å²) in [5.41, 5.74) is 0.203. The zero-order chi connectivity index (χ0) is 19.6. The van der Waals surface area contributed by atoms with Crippen molar-refractivity contribution in [3.63, 3.8) is 0 Å². The van der Waals surface area contributed by atoms with Gasteiger partial charge in [-0.3, -0.25) is 9.69 Å². The molecule has 1 aromatic rings. The molecule has 146 valence electrons. The number of nitrogens with zero attached hydrogens (tertiary/aromatic N) is 1. The van der Waals surface area contributed by atoms with E-state index in [0.29, 0.717) is 5.75 Å². The van der Waals surface area contributed by atoms with Crippen LogP contribution in [0.4, 0.5) is 0 Å².